The van der Waals surface area contributed by atoms with Crippen molar-refractivity contribution in [2.24, 2.45) is 5.92 Å². The Kier molecular flexibility index (Phi) is 4.57. The first-order valence-electron chi connectivity index (χ1n) is 8.30. The summed E-state index contributed by atoms with van der Waals surface area (Å²) in [6.45, 7) is 1.66. The average molecular weight is 341 g/mol. The molecular weight excluding hydrogens is 321 g/mol. The van der Waals surface area contributed by atoms with E-state index >= 15 is 0 Å². The predicted molar refractivity (Wildman–Crippen MR) is 92.9 cm³/mol. The minimum atomic E-state index is -0.827. The molecule has 5 heteroatoms. The first kappa shape index (κ1) is 17.1. The number of halogens is 1. The first-order chi connectivity index (χ1) is 11.9. The fourth-order valence-corrected chi connectivity index (χ4v) is 2.96. The number of nitrogens with one attached hydrogen (secondary N) is 1. The lowest BCUT2D eigenvalue weighted by molar-refractivity contribution is -0.141. The van der Waals surface area contributed by atoms with Gasteiger partial charge in [0.15, 0.2) is 0 Å². The summed E-state index contributed by atoms with van der Waals surface area (Å²) in [6, 6.07) is 13.3. The molecule has 2 aromatic rings. The lowest BCUT2D eigenvalue weighted by Crippen LogP contribution is -2.27. The van der Waals surface area contributed by atoms with Gasteiger partial charge >= 0.3 is 5.97 Å². The summed E-state index contributed by atoms with van der Waals surface area (Å²) in [4.78, 5) is 23.6. The van der Waals surface area contributed by atoms with E-state index in [-0.39, 0.29) is 11.7 Å². The fourth-order valence-electron chi connectivity index (χ4n) is 2.96. The third kappa shape index (κ3) is 3.71. The van der Waals surface area contributed by atoms with Crippen molar-refractivity contribution in [3.8, 4) is 0 Å². The van der Waals surface area contributed by atoms with Crippen LogP contribution in [0.4, 0.5) is 10.1 Å². The summed E-state index contributed by atoms with van der Waals surface area (Å²) in [7, 11) is 0. The lowest BCUT2D eigenvalue weighted by atomic mass is 9.94. The molecule has 2 aromatic carbocycles. The molecule has 0 aromatic heterocycles. The standard InChI is InChI=1S/C20H20FNO3/c1-13(18(23)24)12-14-2-8-17(9-3-14)22-19(25)20(10-11-20)15-4-6-16(21)7-5-15/h2-9,13H,10-12H2,1H3,(H,22,25)(H,23,24). The van der Waals surface area contributed by atoms with Crippen LogP contribution in [0.25, 0.3) is 0 Å². The third-order valence-corrected chi connectivity index (χ3v) is 4.76. The normalized spacial score (nSPS) is 16.1. The molecule has 1 fully saturated rings. The number of carbonyl (C=O) groups is 2. The van der Waals surface area contributed by atoms with Crippen LogP contribution >= 0.6 is 0 Å². The van der Waals surface area contributed by atoms with Gasteiger partial charge in [-0.3, -0.25) is 9.59 Å². The number of carbonyl (C=O) groups excluding carboxylic acids is 1. The van der Waals surface area contributed by atoms with Crippen LogP contribution in [0.2, 0.25) is 0 Å². The minimum absolute atomic E-state index is 0.0919. The number of carboxylic acids is 1. The monoisotopic (exact) mass is 341 g/mol. The van der Waals surface area contributed by atoms with Crippen molar-refractivity contribution in [1.29, 1.82) is 0 Å². The zero-order valence-corrected chi connectivity index (χ0v) is 14.0. The highest BCUT2D eigenvalue weighted by molar-refractivity contribution is 6.01. The molecule has 1 amide bonds. The van der Waals surface area contributed by atoms with E-state index in [1.165, 1.54) is 12.1 Å². The molecule has 1 saturated carbocycles. The quantitative estimate of drug-likeness (QED) is 0.841. The molecule has 0 bridgehead atoms. The van der Waals surface area contributed by atoms with E-state index in [1.54, 1.807) is 31.2 Å². The topological polar surface area (TPSA) is 66.4 Å². The average Bonchev–Trinajstić information content (AvgIpc) is 3.39. The molecule has 3 rings (SSSR count). The summed E-state index contributed by atoms with van der Waals surface area (Å²) >= 11 is 0. The Morgan fingerprint density at radius 2 is 1.72 bits per heavy atom. The molecule has 2 N–H and O–H groups in total. The van der Waals surface area contributed by atoms with Crippen molar-refractivity contribution in [3.05, 3.63) is 65.5 Å². The van der Waals surface area contributed by atoms with Gasteiger partial charge in [0, 0.05) is 5.69 Å². The second-order valence-electron chi connectivity index (χ2n) is 6.68. The van der Waals surface area contributed by atoms with Gasteiger partial charge in [0.2, 0.25) is 5.91 Å². The van der Waals surface area contributed by atoms with Gasteiger partial charge in [0.05, 0.1) is 11.3 Å². The van der Waals surface area contributed by atoms with Gasteiger partial charge in [-0.1, -0.05) is 31.2 Å². The smallest absolute Gasteiger partial charge is 0.306 e. The highest BCUT2D eigenvalue weighted by atomic mass is 19.1. The van der Waals surface area contributed by atoms with Crippen molar-refractivity contribution in [1.82, 2.24) is 0 Å². The first-order valence-corrected chi connectivity index (χ1v) is 8.30. The van der Waals surface area contributed by atoms with E-state index in [0.717, 1.165) is 24.0 Å². The molecule has 0 aliphatic heterocycles. The number of rotatable bonds is 6. The lowest BCUT2D eigenvalue weighted by Gasteiger charge is -2.16. The Morgan fingerprint density at radius 3 is 2.24 bits per heavy atom. The molecule has 1 aliphatic carbocycles. The van der Waals surface area contributed by atoms with Crippen molar-refractivity contribution in [3.63, 3.8) is 0 Å². The SMILES string of the molecule is CC(Cc1ccc(NC(=O)C2(c3ccc(F)cc3)CC2)cc1)C(=O)O. The van der Waals surface area contributed by atoms with E-state index in [2.05, 4.69) is 5.32 Å². The van der Waals surface area contributed by atoms with Gasteiger partial charge in [-0.2, -0.15) is 0 Å². The Balaban J connectivity index is 1.67. The van der Waals surface area contributed by atoms with Crippen LogP contribution in [-0.2, 0) is 21.4 Å². The Bertz CT molecular complexity index is 780. The molecule has 0 radical (unpaired) electrons. The summed E-state index contributed by atoms with van der Waals surface area (Å²) in [5.41, 5.74) is 1.85. The van der Waals surface area contributed by atoms with Crippen LogP contribution in [0.5, 0.6) is 0 Å². The van der Waals surface area contributed by atoms with Gasteiger partial charge in [0.1, 0.15) is 5.82 Å². The van der Waals surface area contributed by atoms with Crippen molar-refractivity contribution < 1.29 is 19.1 Å². The molecule has 0 saturated heterocycles. The second-order valence-corrected chi connectivity index (χ2v) is 6.68. The maximum absolute atomic E-state index is 13.1. The highest BCUT2D eigenvalue weighted by Gasteiger charge is 2.51. The largest absolute Gasteiger partial charge is 0.481 e. The zero-order valence-electron chi connectivity index (χ0n) is 14.0. The minimum Gasteiger partial charge on any atom is -0.481 e. The maximum Gasteiger partial charge on any atom is 0.306 e. The van der Waals surface area contributed by atoms with E-state index in [4.69, 9.17) is 5.11 Å². The number of aliphatic carboxylic acids is 1. The van der Waals surface area contributed by atoms with Crippen LogP contribution in [0, 0.1) is 11.7 Å². The molecule has 1 aliphatic rings. The van der Waals surface area contributed by atoms with Gasteiger partial charge < -0.3 is 10.4 Å². The summed E-state index contributed by atoms with van der Waals surface area (Å²) < 4.78 is 13.1. The van der Waals surface area contributed by atoms with E-state index in [9.17, 15) is 14.0 Å². The number of carboxylic acid groups (broad SMARTS) is 1. The number of amides is 1. The Hall–Kier alpha value is -2.69. The molecule has 0 spiro atoms. The number of hydrogen-bond donors (Lipinski definition) is 2. The summed E-state index contributed by atoms with van der Waals surface area (Å²) in [6.07, 6.45) is 1.94. The van der Waals surface area contributed by atoms with Gasteiger partial charge in [0.25, 0.3) is 0 Å². The summed E-state index contributed by atoms with van der Waals surface area (Å²) in [5, 5.41) is 11.9. The predicted octanol–water partition coefficient (Wildman–Crippen LogP) is 3.76. The van der Waals surface area contributed by atoms with Gasteiger partial charge in [-0.25, -0.2) is 4.39 Å². The van der Waals surface area contributed by atoms with Crippen LogP contribution in [0.3, 0.4) is 0 Å². The van der Waals surface area contributed by atoms with Crippen molar-refractivity contribution in [2.45, 2.75) is 31.6 Å². The molecular formula is C20H20FNO3. The Labute approximate surface area is 145 Å². The maximum atomic E-state index is 13.1. The van der Waals surface area contributed by atoms with E-state index in [1.807, 2.05) is 12.1 Å². The zero-order chi connectivity index (χ0) is 18.0. The van der Waals surface area contributed by atoms with Crippen LogP contribution < -0.4 is 5.32 Å². The highest BCUT2D eigenvalue weighted by Crippen LogP contribution is 2.49. The Morgan fingerprint density at radius 1 is 1.12 bits per heavy atom. The molecule has 130 valence electrons. The van der Waals surface area contributed by atoms with Crippen LogP contribution in [0.15, 0.2) is 48.5 Å². The number of hydrogen-bond acceptors (Lipinski definition) is 2. The van der Waals surface area contributed by atoms with Crippen LogP contribution in [-0.4, -0.2) is 17.0 Å². The van der Waals surface area contributed by atoms with Gasteiger partial charge in [-0.05, 0) is 54.7 Å². The van der Waals surface area contributed by atoms with Crippen molar-refractivity contribution >= 4 is 17.6 Å². The van der Waals surface area contributed by atoms with E-state index in [0.29, 0.717) is 12.1 Å². The third-order valence-electron chi connectivity index (χ3n) is 4.76. The molecule has 4 nitrogen and oxygen atoms in total. The molecule has 0 heterocycles. The van der Waals surface area contributed by atoms with E-state index < -0.39 is 17.3 Å². The molecule has 1 atom stereocenters. The number of anilines is 1. The van der Waals surface area contributed by atoms with Crippen molar-refractivity contribution in [2.75, 3.05) is 5.32 Å². The van der Waals surface area contributed by atoms with Crippen LogP contribution in [0.1, 0.15) is 30.9 Å². The molecule has 25 heavy (non-hydrogen) atoms. The summed E-state index contributed by atoms with van der Waals surface area (Å²) in [5.74, 6) is -1.68. The second kappa shape index (κ2) is 6.67. The fraction of sp³-hybridized carbons (Fsp3) is 0.300. The number of benzene rings is 2. The molecule has 1 unspecified atom stereocenters. The van der Waals surface area contributed by atoms with Gasteiger partial charge in [-0.15, -0.1) is 0 Å².